The summed E-state index contributed by atoms with van der Waals surface area (Å²) in [6.45, 7) is 6.35. The normalized spacial score (nSPS) is 22.3. The summed E-state index contributed by atoms with van der Waals surface area (Å²) in [6.07, 6.45) is 1.35. The highest BCUT2D eigenvalue weighted by Crippen LogP contribution is 2.32. The molecule has 1 atom stereocenters. The van der Waals surface area contributed by atoms with Gasteiger partial charge in [0.2, 0.25) is 0 Å². The van der Waals surface area contributed by atoms with Crippen LogP contribution in [0.3, 0.4) is 0 Å². The lowest BCUT2D eigenvalue weighted by atomic mass is 9.93. The SMILES string of the molecule is CCOC(=O)C1=C(C(C)C)[C@H]2C(=O)NC=NN2C1. The van der Waals surface area contributed by atoms with Crippen molar-refractivity contribution < 1.29 is 14.3 Å². The van der Waals surface area contributed by atoms with Gasteiger partial charge in [-0.1, -0.05) is 13.8 Å². The number of carbonyl (C=O) groups excluding carboxylic acids is 2. The second-order valence-corrected chi connectivity index (χ2v) is 4.56. The van der Waals surface area contributed by atoms with Crippen LogP contribution in [0.2, 0.25) is 0 Å². The van der Waals surface area contributed by atoms with Crippen molar-refractivity contribution in [1.29, 1.82) is 0 Å². The molecular weight excluding hydrogens is 234 g/mol. The molecule has 0 aromatic rings. The quantitative estimate of drug-likeness (QED) is 0.730. The highest BCUT2D eigenvalue weighted by molar-refractivity contribution is 5.99. The second-order valence-electron chi connectivity index (χ2n) is 4.56. The Balaban J connectivity index is 2.38. The van der Waals surface area contributed by atoms with E-state index in [1.165, 1.54) is 6.34 Å². The minimum atomic E-state index is -0.477. The summed E-state index contributed by atoms with van der Waals surface area (Å²) in [5.74, 6) is -0.398. The molecule has 1 N–H and O–H groups in total. The van der Waals surface area contributed by atoms with Crippen LogP contribution in [-0.2, 0) is 14.3 Å². The Bertz CT molecular complexity index is 440. The van der Waals surface area contributed by atoms with Gasteiger partial charge in [-0.3, -0.25) is 9.80 Å². The summed E-state index contributed by atoms with van der Waals surface area (Å²) in [4.78, 5) is 23.8. The zero-order chi connectivity index (χ0) is 13.3. The van der Waals surface area contributed by atoms with Crippen LogP contribution in [0.15, 0.2) is 16.2 Å². The van der Waals surface area contributed by atoms with E-state index in [0.29, 0.717) is 18.7 Å². The molecule has 0 saturated carbocycles. The summed E-state index contributed by atoms with van der Waals surface area (Å²) in [7, 11) is 0. The van der Waals surface area contributed by atoms with Crippen LogP contribution in [0.25, 0.3) is 0 Å². The van der Waals surface area contributed by atoms with Gasteiger partial charge in [0.25, 0.3) is 5.91 Å². The first-order valence-corrected chi connectivity index (χ1v) is 6.05. The molecule has 1 amide bonds. The molecule has 2 aliphatic heterocycles. The molecule has 0 bridgehead atoms. The van der Waals surface area contributed by atoms with E-state index in [2.05, 4.69) is 10.4 Å². The molecule has 6 nitrogen and oxygen atoms in total. The largest absolute Gasteiger partial charge is 0.463 e. The second kappa shape index (κ2) is 4.80. The van der Waals surface area contributed by atoms with E-state index in [1.807, 2.05) is 13.8 Å². The minimum Gasteiger partial charge on any atom is -0.463 e. The van der Waals surface area contributed by atoms with Gasteiger partial charge in [0.05, 0.1) is 18.7 Å². The van der Waals surface area contributed by atoms with Crippen molar-refractivity contribution in [3.8, 4) is 0 Å². The van der Waals surface area contributed by atoms with Gasteiger partial charge >= 0.3 is 5.97 Å². The molecule has 98 valence electrons. The smallest absolute Gasteiger partial charge is 0.335 e. The monoisotopic (exact) mass is 251 g/mol. The molecular formula is C12H17N3O3. The Morgan fingerprint density at radius 2 is 2.39 bits per heavy atom. The van der Waals surface area contributed by atoms with Crippen LogP contribution in [0, 0.1) is 5.92 Å². The van der Waals surface area contributed by atoms with Crippen LogP contribution in [-0.4, -0.2) is 42.4 Å². The van der Waals surface area contributed by atoms with Crippen molar-refractivity contribution in [2.45, 2.75) is 26.8 Å². The predicted molar refractivity (Wildman–Crippen MR) is 65.6 cm³/mol. The number of fused-ring (bicyclic) bond motifs is 1. The Morgan fingerprint density at radius 3 is 3.00 bits per heavy atom. The molecule has 0 aliphatic carbocycles. The number of ether oxygens (including phenoxy) is 1. The van der Waals surface area contributed by atoms with Gasteiger partial charge < -0.3 is 10.1 Å². The van der Waals surface area contributed by atoms with E-state index in [9.17, 15) is 9.59 Å². The average Bonchev–Trinajstić information content (AvgIpc) is 2.70. The zero-order valence-electron chi connectivity index (χ0n) is 10.8. The Hall–Kier alpha value is -1.85. The molecule has 0 aromatic carbocycles. The standard InChI is InChI=1S/C12H17N3O3/c1-4-18-12(17)8-5-15-10(9(8)7(2)3)11(16)13-6-14-15/h6-7,10H,4-5H2,1-3H3,(H,13,14,16)/t10-/m0/s1. The lowest BCUT2D eigenvalue weighted by molar-refractivity contribution is -0.138. The van der Waals surface area contributed by atoms with Crippen molar-refractivity contribution in [1.82, 2.24) is 10.3 Å². The van der Waals surface area contributed by atoms with Gasteiger partial charge in [0.1, 0.15) is 12.4 Å². The van der Waals surface area contributed by atoms with E-state index in [4.69, 9.17) is 4.74 Å². The fraction of sp³-hybridized carbons (Fsp3) is 0.583. The molecule has 2 heterocycles. The number of nitrogens with zero attached hydrogens (tertiary/aromatic N) is 2. The third-order valence-electron chi connectivity index (χ3n) is 3.07. The van der Waals surface area contributed by atoms with Crippen molar-refractivity contribution in [3.05, 3.63) is 11.1 Å². The molecule has 2 aliphatic rings. The fourth-order valence-electron chi connectivity index (χ4n) is 2.36. The van der Waals surface area contributed by atoms with Crippen LogP contribution >= 0.6 is 0 Å². The van der Waals surface area contributed by atoms with E-state index in [-0.39, 0.29) is 17.8 Å². The van der Waals surface area contributed by atoms with E-state index < -0.39 is 6.04 Å². The average molecular weight is 251 g/mol. The maximum absolute atomic E-state index is 11.9. The Morgan fingerprint density at radius 1 is 1.67 bits per heavy atom. The van der Waals surface area contributed by atoms with Gasteiger partial charge in [-0.25, -0.2) is 4.79 Å². The fourth-order valence-corrected chi connectivity index (χ4v) is 2.36. The first-order valence-electron chi connectivity index (χ1n) is 6.05. The summed E-state index contributed by atoms with van der Waals surface area (Å²) >= 11 is 0. The van der Waals surface area contributed by atoms with Crippen LogP contribution in [0.4, 0.5) is 0 Å². The summed E-state index contributed by atoms with van der Waals surface area (Å²) in [6, 6.07) is -0.477. The van der Waals surface area contributed by atoms with E-state index in [1.54, 1.807) is 11.9 Å². The highest BCUT2D eigenvalue weighted by Gasteiger charge is 2.42. The summed E-state index contributed by atoms with van der Waals surface area (Å²) in [5.41, 5.74) is 1.37. The number of hydrazone groups is 1. The lowest BCUT2D eigenvalue weighted by Crippen LogP contribution is -2.47. The molecule has 6 heteroatoms. The minimum absolute atomic E-state index is 0.0958. The van der Waals surface area contributed by atoms with Gasteiger partial charge in [-0.2, -0.15) is 5.10 Å². The predicted octanol–water partition coefficient (Wildman–Crippen LogP) is 0.259. The molecule has 0 radical (unpaired) electrons. The van der Waals surface area contributed by atoms with Crippen LogP contribution in [0.1, 0.15) is 20.8 Å². The molecule has 0 unspecified atom stereocenters. The molecule has 0 saturated heterocycles. The topological polar surface area (TPSA) is 71.0 Å². The van der Waals surface area contributed by atoms with E-state index in [0.717, 1.165) is 5.57 Å². The van der Waals surface area contributed by atoms with Gasteiger partial charge in [0.15, 0.2) is 0 Å². The highest BCUT2D eigenvalue weighted by atomic mass is 16.5. The maximum atomic E-state index is 11.9. The maximum Gasteiger partial charge on any atom is 0.335 e. The number of hydrogen-bond donors (Lipinski definition) is 1. The first kappa shape index (κ1) is 12.6. The summed E-state index contributed by atoms with van der Waals surface area (Å²) in [5, 5.41) is 8.29. The number of amides is 1. The molecule has 2 rings (SSSR count). The Labute approximate surface area is 106 Å². The molecule has 0 fully saturated rings. The van der Waals surface area contributed by atoms with Gasteiger partial charge in [-0.15, -0.1) is 0 Å². The zero-order valence-corrected chi connectivity index (χ0v) is 10.8. The van der Waals surface area contributed by atoms with Crippen molar-refractivity contribution in [2.75, 3.05) is 13.2 Å². The third kappa shape index (κ3) is 1.98. The van der Waals surface area contributed by atoms with Gasteiger partial charge in [-0.05, 0) is 18.4 Å². The number of rotatable bonds is 3. The van der Waals surface area contributed by atoms with Crippen molar-refractivity contribution >= 4 is 18.2 Å². The number of esters is 1. The molecule has 0 spiro atoms. The Kier molecular flexibility index (Phi) is 3.36. The van der Waals surface area contributed by atoms with Crippen LogP contribution < -0.4 is 5.32 Å². The first-order chi connectivity index (χ1) is 8.56. The molecule has 18 heavy (non-hydrogen) atoms. The molecule has 0 aromatic heterocycles. The third-order valence-corrected chi connectivity index (χ3v) is 3.07. The van der Waals surface area contributed by atoms with Crippen LogP contribution in [0.5, 0.6) is 0 Å². The van der Waals surface area contributed by atoms with Gasteiger partial charge in [0, 0.05) is 0 Å². The summed E-state index contributed by atoms with van der Waals surface area (Å²) < 4.78 is 5.04. The van der Waals surface area contributed by atoms with E-state index >= 15 is 0 Å². The van der Waals surface area contributed by atoms with Crippen molar-refractivity contribution in [2.24, 2.45) is 11.0 Å². The number of hydrogen-bond acceptors (Lipinski definition) is 5. The van der Waals surface area contributed by atoms with Crippen molar-refractivity contribution in [3.63, 3.8) is 0 Å². The number of nitrogens with one attached hydrogen (secondary N) is 1. The number of carbonyl (C=O) groups is 2. The lowest BCUT2D eigenvalue weighted by Gasteiger charge is -2.27.